The van der Waals surface area contributed by atoms with Crippen LogP contribution in [0.2, 0.25) is 0 Å². The summed E-state index contributed by atoms with van der Waals surface area (Å²) in [5, 5.41) is 13.5. The summed E-state index contributed by atoms with van der Waals surface area (Å²) in [7, 11) is 1.20. The number of carbonyl (C=O) groups is 1. The van der Waals surface area contributed by atoms with Crippen molar-refractivity contribution >= 4 is 13.7 Å². The predicted octanol–water partition coefficient (Wildman–Crippen LogP) is 9.38. The van der Waals surface area contributed by atoms with E-state index < -0.39 is 26.6 Å². The molecule has 290 valence electrons. The highest BCUT2D eigenvalue weighted by molar-refractivity contribution is 7.45. The molecule has 0 heterocycles. The average molecular weight is 731 g/mol. The quantitative estimate of drug-likeness (QED) is 0.0309. The topological polar surface area (TPSA) is 108 Å². The molecule has 3 atom stereocenters. The van der Waals surface area contributed by atoms with E-state index in [4.69, 9.17) is 9.05 Å². The molecule has 0 aliphatic heterocycles. The monoisotopic (exact) mass is 731 g/mol. The lowest BCUT2D eigenvalue weighted by Crippen LogP contribution is -2.45. The predicted molar refractivity (Wildman–Crippen MR) is 214 cm³/mol. The molecule has 0 aromatic carbocycles. The minimum atomic E-state index is -4.59. The molecule has 0 aliphatic rings. The Morgan fingerprint density at radius 2 is 1.20 bits per heavy atom. The lowest BCUT2D eigenvalue weighted by Gasteiger charge is -2.29. The van der Waals surface area contributed by atoms with E-state index in [1.54, 1.807) is 6.08 Å². The molecule has 0 aliphatic carbocycles. The first-order chi connectivity index (χ1) is 24.5. The average Bonchev–Trinajstić information content (AvgIpc) is 3.07. The minimum absolute atomic E-state index is 0.0187. The molecule has 0 rings (SSSR count). The van der Waals surface area contributed by atoms with Crippen molar-refractivity contribution in [3.05, 3.63) is 97.2 Å². The fourth-order valence-electron chi connectivity index (χ4n) is 4.49. The number of hydrogen-bond donors (Lipinski definition) is 2. The van der Waals surface area contributed by atoms with Crippen LogP contribution in [-0.4, -0.2) is 68.5 Å². The normalized spacial score (nSPS) is 15.7. The zero-order valence-electron chi connectivity index (χ0n) is 32.5. The first-order valence-corrected chi connectivity index (χ1v) is 20.6. The van der Waals surface area contributed by atoms with Crippen LogP contribution < -0.4 is 10.2 Å². The maximum absolute atomic E-state index is 12.7. The molecule has 0 saturated carbocycles. The highest BCUT2D eigenvalue weighted by Crippen LogP contribution is 2.38. The molecule has 0 aromatic rings. The highest BCUT2D eigenvalue weighted by atomic mass is 31.2. The van der Waals surface area contributed by atoms with Gasteiger partial charge in [-0.2, -0.15) is 0 Å². The maximum Gasteiger partial charge on any atom is 0.268 e. The molecular formula is C42H71N2O6P. The molecule has 0 bridgehead atoms. The minimum Gasteiger partial charge on any atom is -0.756 e. The smallest absolute Gasteiger partial charge is 0.268 e. The number of nitrogens with zero attached hydrogens (tertiary/aromatic N) is 1. The van der Waals surface area contributed by atoms with Crippen molar-refractivity contribution in [3.8, 4) is 0 Å². The molecule has 0 aromatic heterocycles. The molecule has 0 radical (unpaired) electrons. The van der Waals surface area contributed by atoms with Crippen LogP contribution in [0.15, 0.2) is 97.2 Å². The first-order valence-electron chi connectivity index (χ1n) is 19.1. The van der Waals surface area contributed by atoms with Gasteiger partial charge in [-0.3, -0.25) is 9.36 Å². The number of likely N-dealkylation sites (N-methyl/N-ethyl adjacent to an activating group) is 1. The number of allylic oxidation sites excluding steroid dienone is 15. The summed E-state index contributed by atoms with van der Waals surface area (Å²) in [6, 6.07) is -0.919. The van der Waals surface area contributed by atoms with E-state index in [1.807, 2.05) is 27.2 Å². The fraction of sp³-hybridized carbons (Fsp3) is 0.595. The van der Waals surface area contributed by atoms with Gasteiger partial charge in [0.25, 0.3) is 7.82 Å². The molecular weight excluding hydrogens is 659 g/mol. The largest absolute Gasteiger partial charge is 0.756 e. The number of phosphoric ester groups is 1. The van der Waals surface area contributed by atoms with Crippen LogP contribution in [0.1, 0.15) is 110 Å². The summed E-state index contributed by atoms with van der Waals surface area (Å²) < 4.78 is 22.9. The Morgan fingerprint density at radius 3 is 1.69 bits per heavy atom. The Kier molecular flexibility index (Phi) is 31.6. The van der Waals surface area contributed by atoms with Gasteiger partial charge in [0.05, 0.1) is 39.9 Å². The summed E-state index contributed by atoms with van der Waals surface area (Å²) in [4.78, 5) is 25.0. The third-order valence-electron chi connectivity index (χ3n) is 7.55. The van der Waals surface area contributed by atoms with Gasteiger partial charge >= 0.3 is 0 Å². The van der Waals surface area contributed by atoms with Crippen molar-refractivity contribution in [2.75, 3.05) is 40.9 Å². The standard InChI is InChI=1S/C42H71N2O6P/c1-6-8-10-12-14-15-16-17-18-19-20-21-22-23-24-25-26-27-28-29-30-32-34-36-42(46)43-40(41(45)35-33-31-13-11-9-7-2)39-50-51(47,48)49-38-37-44(3,4)5/h8,10,14-15,17-18,20-21,23-24,26-27,29-30,33,35,40-41,45H,6-7,9,11-13,16,19,22,25,28,31-32,34,36-39H2,1-5H3,(H-,43,46,47,48)/b10-8-,15-14-,18-17-,21-20-,24-23-,27-26-,30-29-,35-33+. The van der Waals surface area contributed by atoms with Gasteiger partial charge in [0, 0.05) is 6.42 Å². The zero-order chi connectivity index (χ0) is 37.9. The Labute approximate surface area is 311 Å². The third-order valence-corrected chi connectivity index (χ3v) is 8.51. The second-order valence-corrected chi connectivity index (χ2v) is 15.0. The van der Waals surface area contributed by atoms with E-state index in [0.717, 1.165) is 83.5 Å². The molecule has 8 nitrogen and oxygen atoms in total. The van der Waals surface area contributed by atoms with Gasteiger partial charge in [-0.25, -0.2) is 0 Å². The van der Waals surface area contributed by atoms with Crippen molar-refractivity contribution in [2.45, 2.75) is 122 Å². The second kappa shape index (κ2) is 33.3. The van der Waals surface area contributed by atoms with Gasteiger partial charge in [0.1, 0.15) is 13.2 Å². The summed E-state index contributed by atoms with van der Waals surface area (Å²) in [6.07, 6.45) is 46.3. The lowest BCUT2D eigenvalue weighted by molar-refractivity contribution is -0.870. The van der Waals surface area contributed by atoms with E-state index in [9.17, 15) is 19.4 Å². The molecule has 3 unspecified atom stereocenters. The first kappa shape index (κ1) is 48.4. The van der Waals surface area contributed by atoms with Crippen LogP contribution in [0.4, 0.5) is 0 Å². The van der Waals surface area contributed by atoms with Gasteiger partial charge in [-0.1, -0.05) is 130 Å². The number of hydrogen-bond acceptors (Lipinski definition) is 6. The van der Waals surface area contributed by atoms with E-state index in [-0.39, 0.29) is 18.9 Å². The number of phosphoric acid groups is 1. The third kappa shape index (κ3) is 35.6. The Bertz CT molecular complexity index is 1150. The van der Waals surface area contributed by atoms with Crippen LogP contribution in [-0.2, 0) is 18.4 Å². The van der Waals surface area contributed by atoms with E-state index in [0.29, 0.717) is 17.4 Å². The number of aliphatic hydroxyl groups excluding tert-OH is 1. The maximum atomic E-state index is 12.7. The Balaban J connectivity index is 4.43. The van der Waals surface area contributed by atoms with Crippen LogP contribution >= 0.6 is 7.82 Å². The van der Waals surface area contributed by atoms with Crippen molar-refractivity contribution in [2.24, 2.45) is 0 Å². The summed E-state index contributed by atoms with van der Waals surface area (Å²) in [5.41, 5.74) is 0. The lowest BCUT2D eigenvalue weighted by atomic mass is 10.1. The number of quaternary nitrogens is 1. The van der Waals surface area contributed by atoms with Crippen LogP contribution in [0.5, 0.6) is 0 Å². The summed E-state index contributed by atoms with van der Waals surface area (Å²) >= 11 is 0. The Hall–Kier alpha value is -2.58. The van der Waals surface area contributed by atoms with E-state index in [2.05, 4.69) is 104 Å². The van der Waals surface area contributed by atoms with Crippen molar-refractivity contribution in [1.82, 2.24) is 5.32 Å². The van der Waals surface area contributed by atoms with Crippen molar-refractivity contribution < 1.29 is 32.9 Å². The van der Waals surface area contributed by atoms with Gasteiger partial charge < -0.3 is 28.8 Å². The van der Waals surface area contributed by atoms with Gasteiger partial charge in [-0.15, -0.1) is 0 Å². The van der Waals surface area contributed by atoms with Crippen LogP contribution in [0.25, 0.3) is 0 Å². The number of amides is 1. The van der Waals surface area contributed by atoms with Crippen molar-refractivity contribution in [3.63, 3.8) is 0 Å². The van der Waals surface area contributed by atoms with Crippen LogP contribution in [0, 0.1) is 0 Å². The van der Waals surface area contributed by atoms with E-state index >= 15 is 0 Å². The molecule has 0 spiro atoms. The molecule has 9 heteroatoms. The second-order valence-electron chi connectivity index (χ2n) is 13.5. The molecule has 2 N–H and O–H groups in total. The number of nitrogens with one attached hydrogen (secondary N) is 1. The summed E-state index contributed by atoms with van der Waals surface area (Å²) in [6.45, 7) is 4.35. The number of rotatable bonds is 32. The fourth-order valence-corrected chi connectivity index (χ4v) is 5.21. The van der Waals surface area contributed by atoms with Gasteiger partial charge in [-0.05, 0) is 70.6 Å². The molecule has 0 saturated heterocycles. The number of unbranched alkanes of at least 4 members (excludes halogenated alkanes) is 5. The van der Waals surface area contributed by atoms with Crippen molar-refractivity contribution in [1.29, 1.82) is 0 Å². The van der Waals surface area contributed by atoms with Crippen LogP contribution in [0.3, 0.4) is 0 Å². The van der Waals surface area contributed by atoms with Gasteiger partial charge in [0.15, 0.2) is 0 Å². The SMILES string of the molecule is CC/C=C\C/C=C\C/C=C\C/C=C\C/C=C\C/C=C\C/C=C\CCCC(=O)NC(COP(=O)([O-])OCC[N+](C)(C)C)C(O)/C=C/CCCCCC. The molecule has 1 amide bonds. The zero-order valence-corrected chi connectivity index (χ0v) is 33.4. The van der Waals surface area contributed by atoms with Gasteiger partial charge in [0.2, 0.25) is 5.91 Å². The molecule has 51 heavy (non-hydrogen) atoms. The number of aliphatic hydroxyl groups is 1. The number of carbonyl (C=O) groups excluding carboxylic acids is 1. The van der Waals surface area contributed by atoms with E-state index in [1.165, 1.54) is 0 Å². The summed E-state index contributed by atoms with van der Waals surface area (Å²) in [5.74, 6) is -0.268. The Morgan fingerprint density at radius 1 is 0.706 bits per heavy atom. The molecule has 0 fully saturated rings. The highest BCUT2D eigenvalue weighted by Gasteiger charge is 2.23.